The fraction of sp³-hybridized carbons (Fsp3) is 0.938. The Morgan fingerprint density at radius 2 is 1.79 bits per heavy atom. The number of likely N-dealkylation sites (tertiary alicyclic amines) is 1. The molecular weight excluding hydrogens is 236 g/mol. The van der Waals surface area contributed by atoms with E-state index < -0.39 is 0 Å². The summed E-state index contributed by atoms with van der Waals surface area (Å²) in [4.78, 5) is 14.7. The summed E-state index contributed by atoms with van der Waals surface area (Å²) in [6.45, 7) is 11.0. The summed E-state index contributed by atoms with van der Waals surface area (Å²) in [5.74, 6) is 2.25. The zero-order chi connectivity index (χ0) is 14.0. The van der Waals surface area contributed by atoms with Gasteiger partial charge in [-0.1, -0.05) is 27.7 Å². The van der Waals surface area contributed by atoms with E-state index in [0.717, 1.165) is 25.9 Å². The normalized spacial score (nSPS) is 24.9. The molecular formula is C16H30N2O. The van der Waals surface area contributed by atoms with Gasteiger partial charge in [-0.05, 0) is 43.4 Å². The molecule has 0 aromatic carbocycles. The Balaban J connectivity index is 1.92. The molecule has 1 aliphatic heterocycles. The van der Waals surface area contributed by atoms with Crippen molar-refractivity contribution in [3.05, 3.63) is 0 Å². The van der Waals surface area contributed by atoms with Gasteiger partial charge in [0.05, 0.1) is 6.04 Å². The molecule has 1 unspecified atom stereocenters. The average Bonchev–Trinajstić information content (AvgIpc) is 3.13. The first-order valence-corrected chi connectivity index (χ1v) is 8.04. The third-order valence-electron chi connectivity index (χ3n) is 4.69. The van der Waals surface area contributed by atoms with E-state index in [4.69, 9.17) is 0 Å². The van der Waals surface area contributed by atoms with Gasteiger partial charge in [-0.15, -0.1) is 0 Å². The van der Waals surface area contributed by atoms with Crippen LogP contribution in [0.15, 0.2) is 0 Å². The van der Waals surface area contributed by atoms with E-state index in [1.807, 2.05) is 0 Å². The summed E-state index contributed by atoms with van der Waals surface area (Å²) in [6, 6.07) is 0.723. The van der Waals surface area contributed by atoms with Crippen molar-refractivity contribution < 1.29 is 4.79 Å². The number of carbonyl (C=O) groups excluding carboxylic acids is 1. The minimum atomic E-state index is 0.0984. The van der Waals surface area contributed by atoms with Crippen LogP contribution in [0.5, 0.6) is 0 Å². The van der Waals surface area contributed by atoms with Crippen LogP contribution in [0.4, 0.5) is 0 Å². The zero-order valence-corrected chi connectivity index (χ0v) is 13.0. The molecule has 2 rings (SSSR count). The van der Waals surface area contributed by atoms with Gasteiger partial charge in [0.1, 0.15) is 0 Å². The van der Waals surface area contributed by atoms with Gasteiger partial charge in [0.25, 0.3) is 0 Å². The van der Waals surface area contributed by atoms with Crippen LogP contribution in [0.1, 0.15) is 53.4 Å². The number of hydrogen-bond acceptors (Lipinski definition) is 2. The first kappa shape index (κ1) is 14.8. The third-order valence-corrected chi connectivity index (χ3v) is 4.69. The Morgan fingerprint density at radius 3 is 2.32 bits per heavy atom. The highest BCUT2D eigenvalue weighted by Gasteiger charge is 2.34. The predicted octanol–water partition coefficient (Wildman–Crippen LogP) is 2.66. The van der Waals surface area contributed by atoms with E-state index in [1.165, 1.54) is 12.8 Å². The average molecular weight is 266 g/mol. The lowest BCUT2D eigenvalue weighted by atomic mass is 9.84. The maximum atomic E-state index is 12.5. The van der Waals surface area contributed by atoms with Crippen LogP contribution in [-0.4, -0.2) is 36.0 Å². The van der Waals surface area contributed by atoms with Crippen molar-refractivity contribution in [3.63, 3.8) is 0 Å². The summed E-state index contributed by atoms with van der Waals surface area (Å²) in [7, 11) is 0. The van der Waals surface area contributed by atoms with Crippen molar-refractivity contribution in [2.45, 2.75) is 65.5 Å². The van der Waals surface area contributed by atoms with Crippen LogP contribution >= 0.6 is 0 Å². The first-order chi connectivity index (χ1) is 8.99. The number of amides is 1. The Bertz CT molecular complexity index is 302. The second-order valence-electron chi connectivity index (χ2n) is 7.07. The molecule has 0 aromatic heterocycles. The summed E-state index contributed by atoms with van der Waals surface area (Å²) in [6.07, 6.45) is 4.69. The Kier molecular flexibility index (Phi) is 4.88. The molecule has 0 radical (unpaired) electrons. The number of nitrogens with zero attached hydrogens (tertiary/aromatic N) is 1. The van der Waals surface area contributed by atoms with E-state index in [1.54, 1.807) is 0 Å². The van der Waals surface area contributed by atoms with Crippen molar-refractivity contribution in [2.24, 2.45) is 17.8 Å². The van der Waals surface area contributed by atoms with Gasteiger partial charge in [-0.2, -0.15) is 0 Å². The van der Waals surface area contributed by atoms with Crippen LogP contribution in [0.3, 0.4) is 0 Å². The molecule has 3 nitrogen and oxygen atoms in total. The van der Waals surface area contributed by atoms with Crippen molar-refractivity contribution in [1.82, 2.24) is 10.2 Å². The van der Waals surface area contributed by atoms with Crippen LogP contribution in [0, 0.1) is 17.8 Å². The van der Waals surface area contributed by atoms with Crippen LogP contribution in [-0.2, 0) is 4.79 Å². The van der Waals surface area contributed by atoms with Crippen LogP contribution in [0.25, 0.3) is 0 Å². The second kappa shape index (κ2) is 6.25. The van der Waals surface area contributed by atoms with Crippen molar-refractivity contribution in [1.29, 1.82) is 0 Å². The van der Waals surface area contributed by atoms with Crippen molar-refractivity contribution in [3.8, 4) is 0 Å². The molecule has 19 heavy (non-hydrogen) atoms. The molecule has 0 bridgehead atoms. The van der Waals surface area contributed by atoms with Crippen molar-refractivity contribution in [2.75, 3.05) is 13.1 Å². The maximum absolute atomic E-state index is 12.5. The Morgan fingerprint density at radius 1 is 1.16 bits per heavy atom. The summed E-state index contributed by atoms with van der Waals surface area (Å²) >= 11 is 0. The Labute approximate surface area is 118 Å². The SMILES string of the molecule is CC(C)C(CN1CCCC(NC2CC2)C1=O)C(C)C. The van der Waals surface area contributed by atoms with Gasteiger partial charge < -0.3 is 10.2 Å². The minimum Gasteiger partial charge on any atom is -0.341 e. The number of hydrogen-bond donors (Lipinski definition) is 1. The van der Waals surface area contributed by atoms with Gasteiger partial charge >= 0.3 is 0 Å². The highest BCUT2D eigenvalue weighted by Crippen LogP contribution is 2.26. The van der Waals surface area contributed by atoms with Gasteiger partial charge in [-0.3, -0.25) is 4.79 Å². The molecule has 1 heterocycles. The molecule has 0 spiro atoms. The highest BCUT2D eigenvalue weighted by molar-refractivity contribution is 5.82. The first-order valence-electron chi connectivity index (χ1n) is 8.04. The van der Waals surface area contributed by atoms with Crippen LogP contribution < -0.4 is 5.32 Å². The van der Waals surface area contributed by atoms with Gasteiger partial charge in [0.15, 0.2) is 0 Å². The highest BCUT2D eigenvalue weighted by atomic mass is 16.2. The van der Waals surface area contributed by atoms with E-state index in [-0.39, 0.29) is 6.04 Å². The molecule has 2 aliphatic rings. The lowest BCUT2D eigenvalue weighted by molar-refractivity contribution is -0.137. The van der Waals surface area contributed by atoms with Crippen molar-refractivity contribution >= 4 is 5.91 Å². The molecule has 1 N–H and O–H groups in total. The van der Waals surface area contributed by atoms with Gasteiger partial charge in [0.2, 0.25) is 5.91 Å². The molecule has 1 saturated heterocycles. The number of piperidine rings is 1. The zero-order valence-electron chi connectivity index (χ0n) is 13.0. The fourth-order valence-corrected chi connectivity index (χ4v) is 3.26. The minimum absolute atomic E-state index is 0.0984. The third kappa shape index (κ3) is 3.95. The van der Waals surface area contributed by atoms with E-state index in [2.05, 4.69) is 37.9 Å². The molecule has 0 aromatic rings. The summed E-state index contributed by atoms with van der Waals surface area (Å²) in [5, 5.41) is 3.51. The molecule has 1 saturated carbocycles. The predicted molar refractivity (Wildman–Crippen MR) is 78.9 cm³/mol. The lowest BCUT2D eigenvalue weighted by Crippen LogP contribution is -2.53. The van der Waals surface area contributed by atoms with E-state index in [0.29, 0.717) is 29.7 Å². The number of carbonyl (C=O) groups is 1. The quantitative estimate of drug-likeness (QED) is 0.801. The topological polar surface area (TPSA) is 32.3 Å². The number of rotatable bonds is 6. The molecule has 1 atom stereocenters. The fourth-order valence-electron chi connectivity index (χ4n) is 3.26. The lowest BCUT2D eigenvalue weighted by Gasteiger charge is -2.37. The largest absolute Gasteiger partial charge is 0.341 e. The molecule has 3 heteroatoms. The van der Waals surface area contributed by atoms with Gasteiger partial charge in [-0.25, -0.2) is 0 Å². The smallest absolute Gasteiger partial charge is 0.239 e. The summed E-state index contributed by atoms with van der Waals surface area (Å²) < 4.78 is 0. The second-order valence-corrected chi connectivity index (χ2v) is 7.07. The van der Waals surface area contributed by atoms with Crippen LogP contribution in [0.2, 0.25) is 0 Å². The maximum Gasteiger partial charge on any atom is 0.239 e. The standard InChI is InChI=1S/C16H30N2O/c1-11(2)14(12(3)4)10-18-9-5-6-15(16(18)19)17-13-7-8-13/h11-15,17H,5-10H2,1-4H3. The molecule has 110 valence electrons. The monoisotopic (exact) mass is 266 g/mol. The summed E-state index contributed by atoms with van der Waals surface area (Å²) in [5.41, 5.74) is 0. The van der Waals surface area contributed by atoms with E-state index in [9.17, 15) is 4.79 Å². The molecule has 2 fully saturated rings. The number of nitrogens with one attached hydrogen (secondary N) is 1. The molecule has 1 aliphatic carbocycles. The molecule has 1 amide bonds. The van der Waals surface area contributed by atoms with E-state index >= 15 is 0 Å². The van der Waals surface area contributed by atoms with Gasteiger partial charge in [0, 0.05) is 19.1 Å². The Hall–Kier alpha value is -0.570.